The Kier molecular flexibility index (Phi) is 4.88. The molecule has 0 aromatic heterocycles. The third-order valence-electron chi connectivity index (χ3n) is 4.84. The van der Waals surface area contributed by atoms with Crippen LogP contribution in [0.4, 0.5) is 17.1 Å². The summed E-state index contributed by atoms with van der Waals surface area (Å²) in [5.74, 6) is -1.01. The number of amides is 1. The SMILES string of the molecule is NCc1ccc(N=C(c2ccccc2)C2C(=O)Nc3ccc([N+](=O)[O-])cc32)cc1. The van der Waals surface area contributed by atoms with Gasteiger partial charge in [0.15, 0.2) is 0 Å². The Morgan fingerprint density at radius 3 is 2.45 bits per heavy atom. The summed E-state index contributed by atoms with van der Waals surface area (Å²) in [7, 11) is 0. The summed E-state index contributed by atoms with van der Waals surface area (Å²) < 4.78 is 0. The van der Waals surface area contributed by atoms with Crippen molar-refractivity contribution >= 4 is 28.7 Å². The number of non-ortho nitro benzene ring substituents is 1. The van der Waals surface area contributed by atoms with Gasteiger partial charge < -0.3 is 11.1 Å². The number of carbonyl (C=O) groups excluding carboxylic acids is 1. The van der Waals surface area contributed by atoms with Crippen LogP contribution in [0, 0.1) is 10.1 Å². The fraction of sp³-hybridized carbons (Fsp3) is 0.0909. The van der Waals surface area contributed by atoms with Gasteiger partial charge in [0.2, 0.25) is 5.91 Å². The average molecular weight is 386 g/mol. The Labute approximate surface area is 167 Å². The van der Waals surface area contributed by atoms with E-state index in [0.717, 1.165) is 11.1 Å². The van der Waals surface area contributed by atoms with Crippen LogP contribution in [-0.4, -0.2) is 16.5 Å². The van der Waals surface area contributed by atoms with E-state index in [-0.39, 0.29) is 11.6 Å². The number of nitrogens with two attached hydrogens (primary N) is 1. The molecule has 3 N–H and O–H groups in total. The molecule has 1 unspecified atom stereocenters. The summed E-state index contributed by atoms with van der Waals surface area (Å²) in [6, 6.07) is 21.2. The van der Waals surface area contributed by atoms with Gasteiger partial charge in [0.05, 0.1) is 16.3 Å². The molecule has 1 aliphatic rings. The van der Waals surface area contributed by atoms with Crippen molar-refractivity contribution in [2.24, 2.45) is 10.7 Å². The summed E-state index contributed by atoms with van der Waals surface area (Å²) in [6.45, 7) is 0.428. The van der Waals surface area contributed by atoms with Crippen molar-refractivity contribution in [2.45, 2.75) is 12.5 Å². The van der Waals surface area contributed by atoms with Crippen LogP contribution in [0.15, 0.2) is 77.8 Å². The van der Waals surface area contributed by atoms with E-state index in [9.17, 15) is 14.9 Å². The maximum atomic E-state index is 12.8. The molecular weight excluding hydrogens is 368 g/mol. The van der Waals surface area contributed by atoms with Crippen LogP contribution in [0.25, 0.3) is 0 Å². The highest BCUT2D eigenvalue weighted by Crippen LogP contribution is 2.38. The molecule has 0 spiro atoms. The molecule has 7 heteroatoms. The molecule has 4 rings (SSSR count). The second-order valence-corrected chi connectivity index (χ2v) is 6.68. The Bertz CT molecular complexity index is 1110. The summed E-state index contributed by atoms with van der Waals surface area (Å²) in [5.41, 5.74) is 9.66. The summed E-state index contributed by atoms with van der Waals surface area (Å²) in [4.78, 5) is 28.4. The highest BCUT2D eigenvalue weighted by Gasteiger charge is 2.36. The molecule has 0 aliphatic carbocycles. The van der Waals surface area contributed by atoms with Crippen LogP contribution in [-0.2, 0) is 11.3 Å². The fourth-order valence-corrected chi connectivity index (χ4v) is 3.38. The predicted molar refractivity (Wildman–Crippen MR) is 111 cm³/mol. The van der Waals surface area contributed by atoms with Crippen molar-refractivity contribution in [3.8, 4) is 0 Å². The molecule has 144 valence electrons. The maximum absolute atomic E-state index is 12.8. The minimum Gasteiger partial charge on any atom is -0.326 e. The van der Waals surface area contributed by atoms with E-state index in [1.54, 1.807) is 6.07 Å². The Hall–Kier alpha value is -3.84. The van der Waals surface area contributed by atoms with Gasteiger partial charge in [0, 0.05) is 29.9 Å². The Balaban J connectivity index is 1.86. The lowest BCUT2D eigenvalue weighted by atomic mass is 9.90. The van der Waals surface area contributed by atoms with Crippen LogP contribution in [0.1, 0.15) is 22.6 Å². The monoisotopic (exact) mass is 386 g/mol. The number of nitro benzene ring substituents is 1. The van der Waals surface area contributed by atoms with Gasteiger partial charge in [-0.3, -0.25) is 19.9 Å². The normalized spacial score (nSPS) is 15.7. The molecule has 29 heavy (non-hydrogen) atoms. The molecule has 3 aromatic rings. The number of hydrogen-bond acceptors (Lipinski definition) is 5. The first kappa shape index (κ1) is 18.5. The summed E-state index contributed by atoms with van der Waals surface area (Å²) in [5, 5.41) is 14.0. The van der Waals surface area contributed by atoms with Gasteiger partial charge in [-0.05, 0) is 29.3 Å². The van der Waals surface area contributed by atoms with E-state index in [1.807, 2.05) is 54.6 Å². The smallest absolute Gasteiger partial charge is 0.269 e. The van der Waals surface area contributed by atoms with Crippen LogP contribution >= 0.6 is 0 Å². The molecule has 1 aliphatic heterocycles. The second kappa shape index (κ2) is 7.65. The lowest BCUT2D eigenvalue weighted by molar-refractivity contribution is -0.384. The number of fused-ring (bicyclic) bond motifs is 1. The molecular formula is C22H18N4O3. The van der Waals surface area contributed by atoms with E-state index in [0.29, 0.717) is 29.2 Å². The van der Waals surface area contributed by atoms with Crippen molar-refractivity contribution in [3.05, 3.63) is 99.6 Å². The van der Waals surface area contributed by atoms with Crippen molar-refractivity contribution in [2.75, 3.05) is 5.32 Å². The number of benzene rings is 3. The molecule has 1 heterocycles. The summed E-state index contributed by atoms with van der Waals surface area (Å²) >= 11 is 0. The molecule has 0 saturated carbocycles. The summed E-state index contributed by atoms with van der Waals surface area (Å²) in [6.07, 6.45) is 0. The van der Waals surface area contributed by atoms with Crippen molar-refractivity contribution < 1.29 is 9.72 Å². The molecule has 0 fully saturated rings. The molecule has 0 radical (unpaired) electrons. The minimum absolute atomic E-state index is 0.0649. The number of aliphatic imine (C=N–C) groups is 1. The van der Waals surface area contributed by atoms with Gasteiger partial charge >= 0.3 is 0 Å². The largest absolute Gasteiger partial charge is 0.326 e. The third kappa shape index (κ3) is 3.63. The lowest BCUT2D eigenvalue weighted by Crippen LogP contribution is -2.22. The van der Waals surface area contributed by atoms with E-state index in [2.05, 4.69) is 5.32 Å². The number of nitrogens with zero attached hydrogens (tertiary/aromatic N) is 2. The predicted octanol–water partition coefficient (Wildman–Crippen LogP) is 3.91. The molecule has 1 amide bonds. The zero-order valence-electron chi connectivity index (χ0n) is 15.4. The van der Waals surface area contributed by atoms with Gasteiger partial charge in [-0.25, -0.2) is 0 Å². The lowest BCUT2D eigenvalue weighted by Gasteiger charge is -2.14. The van der Waals surface area contributed by atoms with Crippen LogP contribution < -0.4 is 11.1 Å². The molecule has 0 bridgehead atoms. The van der Waals surface area contributed by atoms with Gasteiger partial charge in [-0.1, -0.05) is 42.5 Å². The van der Waals surface area contributed by atoms with Crippen molar-refractivity contribution in [3.63, 3.8) is 0 Å². The zero-order chi connectivity index (χ0) is 20.4. The maximum Gasteiger partial charge on any atom is 0.269 e. The van der Waals surface area contributed by atoms with E-state index >= 15 is 0 Å². The average Bonchev–Trinajstić information content (AvgIpc) is 3.07. The molecule has 1 atom stereocenters. The molecule has 3 aromatic carbocycles. The number of nitro groups is 1. The number of rotatable bonds is 5. The Morgan fingerprint density at radius 2 is 1.79 bits per heavy atom. The highest BCUT2D eigenvalue weighted by molar-refractivity contribution is 6.24. The van der Waals surface area contributed by atoms with Crippen molar-refractivity contribution in [1.29, 1.82) is 0 Å². The Morgan fingerprint density at radius 1 is 1.07 bits per heavy atom. The number of nitrogens with one attached hydrogen (secondary N) is 1. The minimum atomic E-state index is -0.749. The molecule has 0 saturated heterocycles. The van der Waals surface area contributed by atoms with Gasteiger partial charge in [-0.2, -0.15) is 0 Å². The second-order valence-electron chi connectivity index (χ2n) is 6.68. The van der Waals surface area contributed by atoms with Gasteiger partial charge in [0.25, 0.3) is 5.69 Å². The standard InChI is InChI=1S/C22H18N4O3/c23-13-14-6-8-16(9-7-14)24-21(15-4-2-1-3-5-15)20-18-12-17(26(28)29)10-11-19(18)25-22(20)27/h1-12,20H,13,23H2,(H,25,27). The fourth-order valence-electron chi connectivity index (χ4n) is 3.38. The highest BCUT2D eigenvalue weighted by atomic mass is 16.6. The van der Waals surface area contributed by atoms with Crippen LogP contribution in [0.3, 0.4) is 0 Å². The zero-order valence-corrected chi connectivity index (χ0v) is 15.4. The quantitative estimate of drug-likeness (QED) is 0.393. The van der Waals surface area contributed by atoms with E-state index < -0.39 is 10.8 Å². The number of carbonyl (C=O) groups is 1. The van der Waals surface area contributed by atoms with Crippen LogP contribution in [0.2, 0.25) is 0 Å². The van der Waals surface area contributed by atoms with Crippen molar-refractivity contribution in [1.82, 2.24) is 0 Å². The first-order chi connectivity index (χ1) is 14.1. The molecule has 7 nitrogen and oxygen atoms in total. The van der Waals surface area contributed by atoms with E-state index in [4.69, 9.17) is 10.7 Å². The first-order valence-corrected chi connectivity index (χ1v) is 9.09. The van der Waals surface area contributed by atoms with E-state index in [1.165, 1.54) is 12.1 Å². The topological polar surface area (TPSA) is 111 Å². The number of hydrogen-bond donors (Lipinski definition) is 2. The number of anilines is 1. The van der Waals surface area contributed by atoms with Gasteiger partial charge in [0.1, 0.15) is 5.92 Å². The van der Waals surface area contributed by atoms with Crippen LogP contribution in [0.5, 0.6) is 0 Å². The first-order valence-electron chi connectivity index (χ1n) is 9.09. The third-order valence-corrected chi connectivity index (χ3v) is 4.84. The van der Waals surface area contributed by atoms with Gasteiger partial charge in [-0.15, -0.1) is 0 Å².